The van der Waals surface area contributed by atoms with E-state index in [4.69, 9.17) is 5.11 Å². The molecule has 5 nitrogen and oxygen atoms in total. The maximum Gasteiger partial charge on any atom is 0.304 e. The minimum Gasteiger partial charge on any atom is -0.508 e. The maximum atomic E-state index is 10.6. The maximum absolute atomic E-state index is 10.6. The number of phenols is 1. The van der Waals surface area contributed by atoms with Gasteiger partial charge in [-0.05, 0) is 24.6 Å². The van der Waals surface area contributed by atoms with Crippen LogP contribution in [0.2, 0.25) is 0 Å². The van der Waals surface area contributed by atoms with Crippen LogP contribution in [0.4, 0.5) is 0 Å². The van der Waals surface area contributed by atoms with Crippen LogP contribution in [0.25, 0.3) is 0 Å². The third-order valence-corrected chi connectivity index (χ3v) is 3.95. The first-order chi connectivity index (χ1) is 9.56. The van der Waals surface area contributed by atoms with Gasteiger partial charge in [0, 0.05) is 38.8 Å². The molecular weight excluding hydrogens is 256 g/mol. The molecule has 0 spiro atoms. The van der Waals surface area contributed by atoms with Crippen molar-refractivity contribution >= 4 is 5.97 Å². The van der Waals surface area contributed by atoms with Gasteiger partial charge in [0.05, 0.1) is 6.42 Å². The highest BCUT2D eigenvalue weighted by molar-refractivity contribution is 5.66. The summed E-state index contributed by atoms with van der Waals surface area (Å²) in [6, 6.07) is 7.65. The SMILES string of the molecule is CC(c1cccc(O)c1)N1CCN(CCC(=O)O)CC1. The van der Waals surface area contributed by atoms with Gasteiger partial charge in [-0.25, -0.2) is 0 Å². The van der Waals surface area contributed by atoms with E-state index in [2.05, 4.69) is 16.7 Å². The van der Waals surface area contributed by atoms with E-state index in [0.29, 0.717) is 12.3 Å². The molecule has 0 aliphatic carbocycles. The summed E-state index contributed by atoms with van der Waals surface area (Å²) < 4.78 is 0. The predicted molar refractivity (Wildman–Crippen MR) is 76.8 cm³/mol. The molecule has 1 fully saturated rings. The van der Waals surface area contributed by atoms with E-state index in [1.54, 1.807) is 6.07 Å². The van der Waals surface area contributed by atoms with E-state index < -0.39 is 5.97 Å². The molecule has 2 rings (SSSR count). The number of hydrogen-bond acceptors (Lipinski definition) is 4. The third-order valence-electron chi connectivity index (χ3n) is 3.95. The van der Waals surface area contributed by atoms with Crippen LogP contribution < -0.4 is 0 Å². The fourth-order valence-corrected chi connectivity index (χ4v) is 2.62. The Hall–Kier alpha value is -1.59. The summed E-state index contributed by atoms with van der Waals surface area (Å²) in [7, 11) is 0. The summed E-state index contributed by atoms with van der Waals surface area (Å²) >= 11 is 0. The molecular formula is C15H22N2O3. The molecule has 1 aromatic carbocycles. The number of rotatable bonds is 5. The second-order valence-electron chi connectivity index (χ2n) is 5.29. The molecule has 0 saturated carbocycles. The lowest BCUT2D eigenvalue weighted by Crippen LogP contribution is -2.47. The normalized spacial score (nSPS) is 18.9. The van der Waals surface area contributed by atoms with Gasteiger partial charge in [-0.2, -0.15) is 0 Å². The van der Waals surface area contributed by atoms with Crippen molar-refractivity contribution < 1.29 is 15.0 Å². The van der Waals surface area contributed by atoms with Gasteiger partial charge in [0.25, 0.3) is 0 Å². The van der Waals surface area contributed by atoms with Crippen LogP contribution in [0.15, 0.2) is 24.3 Å². The molecule has 1 atom stereocenters. The van der Waals surface area contributed by atoms with Crippen molar-refractivity contribution in [2.24, 2.45) is 0 Å². The van der Waals surface area contributed by atoms with Gasteiger partial charge < -0.3 is 15.1 Å². The van der Waals surface area contributed by atoms with E-state index in [-0.39, 0.29) is 12.5 Å². The molecule has 20 heavy (non-hydrogen) atoms. The first-order valence-electron chi connectivity index (χ1n) is 7.03. The molecule has 0 amide bonds. The Morgan fingerprint density at radius 2 is 2.00 bits per heavy atom. The Bertz CT molecular complexity index is 456. The molecule has 110 valence electrons. The topological polar surface area (TPSA) is 64.0 Å². The molecule has 2 N–H and O–H groups in total. The summed E-state index contributed by atoms with van der Waals surface area (Å²) in [5, 5.41) is 18.2. The van der Waals surface area contributed by atoms with E-state index in [1.807, 2.05) is 18.2 Å². The van der Waals surface area contributed by atoms with Crippen molar-refractivity contribution in [3.8, 4) is 5.75 Å². The monoisotopic (exact) mass is 278 g/mol. The molecule has 1 heterocycles. The summed E-state index contributed by atoms with van der Waals surface area (Å²) in [6.07, 6.45) is 0.210. The minimum atomic E-state index is -0.736. The third kappa shape index (κ3) is 3.95. The highest BCUT2D eigenvalue weighted by atomic mass is 16.4. The Morgan fingerprint density at radius 1 is 1.30 bits per heavy atom. The largest absolute Gasteiger partial charge is 0.508 e. The number of carbonyl (C=O) groups is 1. The zero-order valence-electron chi connectivity index (χ0n) is 11.8. The van der Waals surface area contributed by atoms with Crippen molar-refractivity contribution in [2.45, 2.75) is 19.4 Å². The van der Waals surface area contributed by atoms with Gasteiger partial charge in [0.1, 0.15) is 5.75 Å². The molecule has 1 saturated heterocycles. The zero-order chi connectivity index (χ0) is 14.5. The number of hydrogen-bond donors (Lipinski definition) is 2. The smallest absolute Gasteiger partial charge is 0.304 e. The van der Waals surface area contributed by atoms with Crippen molar-refractivity contribution in [3.05, 3.63) is 29.8 Å². The fraction of sp³-hybridized carbons (Fsp3) is 0.533. The van der Waals surface area contributed by atoms with Crippen LogP contribution in [0.3, 0.4) is 0 Å². The summed E-state index contributed by atoms with van der Waals surface area (Å²) in [4.78, 5) is 15.1. The molecule has 1 aliphatic rings. The Kier molecular flexibility index (Phi) is 4.98. The predicted octanol–water partition coefficient (Wildman–Crippen LogP) is 1.55. The van der Waals surface area contributed by atoms with Crippen LogP contribution in [0.5, 0.6) is 5.75 Å². The van der Waals surface area contributed by atoms with Gasteiger partial charge in [-0.15, -0.1) is 0 Å². The van der Waals surface area contributed by atoms with E-state index in [1.165, 1.54) is 0 Å². The second-order valence-corrected chi connectivity index (χ2v) is 5.29. The van der Waals surface area contributed by atoms with E-state index in [0.717, 1.165) is 31.7 Å². The number of aromatic hydroxyl groups is 1. The van der Waals surface area contributed by atoms with Crippen LogP contribution in [0, 0.1) is 0 Å². The van der Waals surface area contributed by atoms with Crippen molar-refractivity contribution in [1.29, 1.82) is 0 Å². The van der Waals surface area contributed by atoms with Gasteiger partial charge in [0.2, 0.25) is 0 Å². The Labute approximate surface area is 119 Å². The van der Waals surface area contributed by atoms with Gasteiger partial charge in [-0.3, -0.25) is 9.69 Å². The first-order valence-corrected chi connectivity index (χ1v) is 7.03. The van der Waals surface area contributed by atoms with Gasteiger partial charge in [-0.1, -0.05) is 12.1 Å². The fourth-order valence-electron chi connectivity index (χ4n) is 2.62. The standard InChI is InChI=1S/C15H22N2O3/c1-12(13-3-2-4-14(18)11-13)17-9-7-16(8-10-17)6-5-15(19)20/h2-4,11-12,18H,5-10H2,1H3,(H,19,20). The Morgan fingerprint density at radius 3 is 2.60 bits per heavy atom. The lowest BCUT2D eigenvalue weighted by atomic mass is 10.1. The molecule has 0 aromatic heterocycles. The number of aliphatic carboxylic acids is 1. The number of carboxylic acids is 1. The minimum absolute atomic E-state index is 0.210. The number of phenolic OH excluding ortho intramolecular Hbond substituents is 1. The summed E-state index contributed by atoms with van der Waals surface area (Å²) in [5.74, 6) is -0.435. The summed E-state index contributed by atoms with van der Waals surface area (Å²) in [5.41, 5.74) is 1.11. The number of benzene rings is 1. The van der Waals surface area contributed by atoms with Crippen molar-refractivity contribution in [1.82, 2.24) is 9.80 Å². The van der Waals surface area contributed by atoms with Crippen molar-refractivity contribution in [2.75, 3.05) is 32.7 Å². The first kappa shape index (κ1) is 14.8. The number of nitrogens with zero attached hydrogens (tertiary/aromatic N) is 2. The van der Waals surface area contributed by atoms with Gasteiger partial charge in [0.15, 0.2) is 0 Å². The van der Waals surface area contributed by atoms with Gasteiger partial charge >= 0.3 is 5.97 Å². The second kappa shape index (κ2) is 6.72. The summed E-state index contributed by atoms with van der Waals surface area (Å²) in [6.45, 7) is 6.42. The average Bonchev–Trinajstić information content (AvgIpc) is 2.45. The zero-order valence-corrected chi connectivity index (χ0v) is 11.8. The molecule has 0 radical (unpaired) electrons. The van der Waals surface area contributed by atoms with E-state index >= 15 is 0 Å². The molecule has 0 bridgehead atoms. The average molecular weight is 278 g/mol. The molecule has 5 heteroatoms. The lowest BCUT2D eigenvalue weighted by molar-refractivity contribution is -0.137. The highest BCUT2D eigenvalue weighted by Crippen LogP contribution is 2.24. The molecule has 1 unspecified atom stereocenters. The van der Waals surface area contributed by atoms with Crippen molar-refractivity contribution in [3.63, 3.8) is 0 Å². The highest BCUT2D eigenvalue weighted by Gasteiger charge is 2.22. The van der Waals surface area contributed by atoms with Crippen LogP contribution >= 0.6 is 0 Å². The lowest BCUT2D eigenvalue weighted by Gasteiger charge is -2.38. The Balaban J connectivity index is 1.85. The number of carboxylic acid groups (broad SMARTS) is 1. The van der Waals surface area contributed by atoms with Crippen LogP contribution in [-0.2, 0) is 4.79 Å². The number of piperazine rings is 1. The molecule has 1 aliphatic heterocycles. The molecule has 1 aromatic rings. The van der Waals surface area contributed by atoms with E-state index in [9.17, 15) is 9.90 Å². The quantitative estimate of drug-likeness (QED) is 0.855. The van der Waals surface area contributed by atoms with Crippen LogP contribution in [-0.4, -0.2) is 58.7 Å². The van der Waals surface area contributed by atoms with Crippen LogP contribution in [0.1, 0.15) is 24.9 Å².